The Morgan fingerprint density at radius 1 is 1.56 bits per heavy atom. The zero-order chi connectivity index (χ0) is 12.1. The van der Waals surface area contributed by atoms with Crippen molar-refractivity contribution in [2.45, 2.75) is 20.3 Å². The maximum Gasteiger partial charge on any atom is 0.341 e. The SMILES string of the molecule is C=C(C)CCOc1nc(C)ccc1C(=O)O. The number of aryl methyl sites for hydroxylation is 1. The van der Waals surface area contributed by atoms with Gasteiger partial charge in [0.15, 0.2) is 0 Å². The van der Waals surface area contributed by atoms with Gasteiger partial charge >= 0.3 is 5.97 Å². The monoisotopic (exact) mass is 221 g/mol. The number of carboxylic acid groups (broad SMARTS) is 1. The number of ether oxygens (including phenoxy) is 1. The van der Waals surface area contributed by atoms with Gasteiger partial charge in [-0.15, -0.1) is 6.58 Å². The Morgan fingerprint density at radius 2 is 2.25 bits per heavy atom. The lowest BCUT2D eigenvalue weighted by Gasteiger charge is -2.08. The van der Waals surface area contributed by atoms with Gasteiger partial charge in [0.05, 0.1) is 6.61 Å². The molecule has 0 aliphatic carbocycles. The maximum absolute atomic E-state index is 10.9. The highest BCUT2D eigenvalue weighted by molar-refractivity contribution is 5.90. The fourth-order valence-corrected chi connectivity index (χ4v) is 1.13. The summed E-state index contributed by atoms with van der Waals surface area (Å²) in [6, 6.07) is 3.15. The first kappa shape index (κ1) is 12.2. The third kappa shape index (κ3) is 3.38. The number of carbonyl (C=O) groups is 1. The van der Waals surface area contributed by atoms with Crippen molar-refractivity contribution >= 4 is 5.97 Å². The molecule has 1 aromatic heterocycles. The number of rotatable bonds is 5. The summed E-state index contributed by atoms with van der Waals surface area (Å²) in [5.74, 6) is -0.855. The first-order valence-electron chi connectivity index (χ1n) is 4.99. The van der Waals surface area contributed by atoms with Gasteiger partial charge in [-0.25, -0.2) is 9.78 Å². The number of hydrogen-bond donors (Lipinski definition) is 1. The van der Waals surface area contributed by atoms with E-state index in [0.29, 0.717) is 13.0 Å². The molecule has 1 N–H and O–H groups in total. The highest BCUT2D eigenvalue weighted by atomic mass is 16.5. The molecule has 0 aromatic carbocycles. The second-order valence-corrected chi connectivity index (χ2v) is 3.67. The van der Waals surface area contributed by atoms with Crippen molar-refractivity contribution in [1.29, 1.82) is 0 Å². The van der Waals surface area contributed by atoms with Gasteiger partial charge in [0, 0.05) is 12.1 Å². The van der Waals surface area contributed by atoms with Crippen molar-refractivity contribution in [3.63, 3.8) is 0 Å². The Morgan fingerprint density at radius 3 is 2.81 bits per heavy atom. The van der Waals surface area contributed by atoms with Crippen LogP contribution in [-0.4, -0.2) is 22.7 Å². The normalized spacial score (nSPS) is 9.88. The molecule has 0 amide bonds. The maximum atomic E-state index is 10.9. The zero-order valence-electron chi connectivity index (χ0n) is 9.49. The number of carboxylic acids is 1. The van der Waals surface area contributed by atoms with E-state index in [-0.39, 0.29) is 11.4 Å². The van der Waals surface area contributed by atoms with Crippen LogP contribution in [0.1, 0.15) is 29.4 Å². The van der Waals surface area contributed by atoms with Crippen LogP contribution in [0.3, 0.4) is 0 Å². The second kappa shape index (κ2) is 5.30. The van der Waals surface area contributed by atoms with Crippen molar-refractivity contribution < 1.29 is 14.6 Å². The summed E-state index contributed by atoms with van der Waals surface area (Å²) < 4.78 is 5.34. The van der Waals surface area contributed by atoms with Gasteiger partial charge in [-0.3, -0.25) is 0 Å². The first-order valence-corrected chi connectivity index (χ1v) is 4.99. The van der Waals surface area contributed by atoms with E-state index in [4.69, 9.17) is 9.84 Å². The van der Waals surface area contributed by atoms with Gasteiger partial charge in [-0.1, -0.05) is 5.57 Å². The molecule has 0 aliphatic rings. The largest absolute Gasteiger partial charge is 0.477 e. The quantitative estimate of drug-likeness (QED) is 0.776. The molecule has 4 heteroatoms. The van der Waals surface area contributed by atoms with E-state index in [1.165, 1.54) is 6.07 Å². The molecule has 0 spiro atoms. The van der Waals surface area contributed by atoms with Crippen LogP contribution in [0.2, 0.25) is 0 Å². The highest BCUT2D eigenvalue weighted by Crippen LogP contribution is 2.16. The Labute approximate surface area is 94.6 Å². The number of hydrogen-bond acceptors (Lipinski definition) is 3. The van der Waals surface area contributed by atoms with Gasteiger partial charge in [0.1, 0.15) is 5.56 Å². The molecule has 1 heterocycles. The molecule has 0 aliphatic heterocycles. The molecule has 0 fully saturated rings. The van der Waals surface area contributed by atoms with Gasteiger partial charge in [-0.05, 0) is 26.0 Å². The lowest BCUT2D eigenvalue weighted by Crippen LogP contribution is -2.07. The minimum Gasteiger partial charge on any atom is -0.477 e. The van der Waals surface area contributed by atoms with Crippen molar-refractivity contribution in [3.05, 3.63) is 35.5 Å². The summed E-state index contributed by atoms with van der Waals surface area (Å²) in [4.78, 5) is 15.0. The minimum absolute atomic E-state index is 0.0901. The summed E-state index contributed by atoms with van der Waals surface area (Å²) in [5, 5.41) is 8.93. The molecular formula is C12H15NO3. The first-order chi connectivity index (χ1) is 7.50. The Hall–Kier alpha value is -1.84. The van der Waals surface area contributed by atoms with Crippen molar-refractivity contribution in [1.82, 2.24) is 4.98 Å². The van der Waals surface area contributed by atoms with Crippen LogP contribution in [0.15, 0.2) is 24.3 Å². The smallest absolute Gasteiger partial charge is 0.341 e. The molecule has 0 atom stereocenters. The molecule has 0 saturated carbocycles. The van der Waals surface area contributed by atoms with Gasteiger partial charge < -0.3 is 9.84 Å². The number of nitrogens with zero attached hydrogens (tertiary/aromatic N) is 1. The van der Waals surface area contributed by atoms with E-state index < -0.39 is 5.97 Å². The topological polar surface area (TPSA) is 59.4 Å². The average Bonchev–Trinajstić information content (AvgIpc) is 2.16. The van der Waals surface area contributed by atoms with Crippen LogP contribution in [-0.2, 0) is 0 Å². The second-order valence-electron chi connectivity index (χ2n) is 3.67. The predicted molar refractivity (Wildman–Crippen MR) is 60.9 cm³/mol. The Kier molecular flexibility index (Phi) is 4.05. The van der Waals surface area contributed by atoms with Crippen LogP contribution in [0.25, 0.3) is 0 Å². The van der Waals surface area contributed by atoms with Crippen molar-refractivity contribution in [2.75, 3.05) is 6.61 Å². The molecular weight excluding hydrogens is 206 g/mol. The van der Waals surface area contributed by atoms with Crippen LogP contribution < -0.4 is 4.74 Å². The molecule has 0 saturated heterocycles. The summed E-state index contributed by atoms with van der Waals surface area (Å²) in [5.41, 5.74) is 1.81. The fraction of sp³-hybridized carbons (Fsp3) is 0.333. The fourth-order valence-electron chi connectivity index (χ4n) is 1.13. The van der Waals surface area contributed by atoms with E-state index in [1.807, 2.05) is 6.92 Å². The predicted octanol–water partition coefficient (Wildman–Crippen LogP) is 2.43. The zero-order valence-corrected chi connectivity index (χ0v) is 9.49. The standard InChI is InChI=1S/C12H15NO3/c1-8(2)6-7-16-11-10(12(14)15)5-4-9(3)13-11/h4-5H,1,6-7H2,2-3H3,(H,14,15). The Bertz CT molecular complexity index is 413. The molecule has 4 nitrogen and oxygen atoms in total. The summed E-state index contributed by atoms with van der Waals surface area (Å²) in [6.45, 7) is 7.82. The van der Waals surface area contributed by atoms with Crippen LogP contribution in [0.5, 0.6) is 5.88 Å². The van der Waals surface area contributed by atoms with E-state index in [0.717, 1.165) is 11.3 Å². The van der Waals surface area contributed by atoms with Crippen molar-refractivity contribution in [3.8, 4) is 5.88 Å². The summed E-state index contributed by atoms with van der Waals surface area (Å²) in [6.07, 6.45) is 0.689. The molecule has 86 valence electrons. The van der Waals surface area contributed by atoms with Crippen LogP contribution in [0.4, 0.5) is 0 Å². The Balaban J connectivity index is 2.80. The van der Waals surface area contributed by atoms with Crippen LogP contribution >= 0.6 is 0 Å². The number of pyridine rings is 1. The van der Waals surface area contributed by atoms with Crippen LogP contribution in [0, 0.1) is 6.92 Å². The van der Waals surface area contributed by atoms with Gasteiger partial charge in [-0.2, -0.15) is 0 Å². The number of aromatic carboxylic acids is 1. The van der Waals surface area contributed by atoms with E-state index >= 15 is 0 Å². The minimum atomic E-state index is -1.03. The molecule has 1 aromatic rings. The highest BCUT2D eigenvalue weighted by Gasteiger charge is 2.12. The summed E-state index contributed by atoms with van der Waals surface area (Å²) in [7, 11) is 0. The lowest BCUT2D eigenvalue weighted by atomic mass is 10.2. The van der Waals surface area contributed by atoms with Crippen molar-refractivity contribution in [2.24, 2.45) is 0 Å². The summed E-state index contributed by atoms with van der Waals surface area (Å²) >= 11 is 0. The molecule has 1 rings (SSSR count). The molecule has 16 heavy (non-hydrogen) atoms. The van der Waals surface area contributed by atoms with Gasteiger partial charge in [0.2, 0.25) is 5.88 Å². The van der Waals surface area contributed by atoms with E-state index in [2.05, 4.69) is 11.6 Å². The van der Waals surface area contributed by atoms with E-state index in [1.54, 1.807) is 13.0 Å². The number of aromatic nitrogens is 1. The third-order valence-corrected chi connectivity index (χ3v) is 2.00. The molecule has 0 bridgehead atoms. The molecule has 0 radical (unpaired) electrons. The van der Waals surface area contributed by atoms with E-state index in [9.17, 15) is 4.79 Å². The van der Waals surface area contributed by atoms with Gasteiger partial charge in [0.25, 0.3) is 0 Å². The molecule has 0 unspecified atom stereocenters. The lowest BCUT2D eigenvalue weighted by molar-refractivity contribution is 0.0691. The third-order valence-electron chi connectivity index (χ3n) is 2.00. The average molecular weight is 221 g/mol.